The van der Waals surface area contributed by atoms with Crippen molar-refractivity contribution >= 4 is 10.0 Å². The summed E-state index contributed by atoms with van der Waals surface area (Å²) < 4.78 is 24.5. The third-order valence-electron chi connectivity index (χ3n) is 2.52. The lowest BCUT2D eigenvalue weighted by Crippen LogP contribution is -2.46. The second-order valence-corrected chi connectivity index (χ2v) is 5.53. The Labute approximate surface area is 79.6 Å². The molecule has 1 aliphatic rings. The molecule has 0 spiro atoms. The highest BCUT2D eigenvalue weighted by atomic mass is 32.2. The quantitative estimate of drug-likeness (QED) is 0.700. The molecule has 0 aromatic rings. The Balaban J connectivity index is 2.66. The summed E-state index contributed by atoms with van der Waals surface area (Å²) in [6.07, 6.45) is 2.99. The minimum absolute atomic E-state index is 0.0876. The van der Waals surface area contributed by atoms with Crippen LogP contribution in [0, 0.1) is 0 Å². The topological polar surface area (TPSA) is 57.6 Å². The van der Waals surface area contributed by atoms with Crippen molar-refractivity contribution in [2.45, 2.75) is 32.2 Å². The maximum Gasteiger partial charge on any atom is 0.214 e. The predicted octanol–water partition coefficient (Wildman–Crippen LogP) is 0.183. The number of hydrogen-bond acceptors (Lipinski definition) is 3. The van der Waals surface area contributed by atoms with E-state index in [1.54, 1.807) is 6.92 Å². The van der Waals surface area contributed by atoms with Gasteiger partial charge in [-0.3, -0.25) is 0 Å². The molecule has 0 aliphatic heterocycles. The molecular formula is C8H17NO3S. The minimum Gasteiger partial charge on any atom is -0.395 e. The van der Waals surface area contributed by atoms with Gasteiger partial charge in [-0.25, -0.2) is 8.42 Å². The third-order valence-corrected chi connectivity index (χ3v) is 4.45. The summed E-state index contributed by atoms with van der Waals surface area (Å²) in [5.41, 5.74) is 0. The van der Waals surface area contributed by atoms with Crippen molar-refractivity contribution in [3.8, 4) is 0 Å². The molecule has 78 valence electrons. The van der Waals surface area contributed by atoms with Gasteiger partial charge in [-0.15, -0.1) is 0 Å². The van der Waals surface area contributed by atoms with Gasteiger partial charge in [0.1, 0.15) is 0 Å². The molecule has 1 saturated carbocycles. The molecule has 4 nitrogen and oxygen atoms in total. The van der Waals surface area contributed by atoms with E-state index in [4.69, 9.17) is 5.11 Å². The van der Waals surface area contributed by atoms with Gasteiger partial charge in [0.15, 0.2) is 0 Å². The average molecular weight is 207 g/mol. The van der Waals surface area contributed by atoms with Gasteiger partial charge in [0.05, 0.1) is 12.4 Å². The average Bonchev–Trinajstić information content (AvgIpc) is 2.00. The number of aliphatic hydroxyl groups is 1. The molecule has 0 bridgehead atoms. The van der Waals surface area contributed by atoms with E-state index in [9.17, 15) is 8.42 Å². The molecule has 0 atom stereocenters. The molecule has 1 fully saturated rings. The largest absolute Gasteiger partial charge is 0.395 e. The smallest absolute Gasteiger partial charge is 0.214 e. The first-order chi connectivity index (χ1) is 6.11. The maximum absolute atomic E-state index is 11.5. The number of nitrogens with zero attached hydrogens (tertiary/aromatic N) is 1. The van der Waals surface area contributed by atoms with Crippen LogP contribution >= 0.6 is 0 Å². The summed E-state index contributed by atoms with van der Waals surface area (Å²) in [4.78, 5) is 0. The van der Waals surface area contributed by atoms with Crippen LogP contribution in [0.3, 0.4) is 0 Å². The van der Waals surface area contributed by atoms with E-state index < -0.39 is 10.0 Å². The van der Waals surface area contributed by atoms with Gasteiger partial charge in [0.2, 0.25) is 10.0 Å². The van der Waals surface area contributed by atoms with Gasteiger partial charge in [-0.1, -0.05) is 6.42 Å². The van der Waals surface area contributed by atoms with E-state index in [2.05, 4.69) is 0 Å². The van der Waals surface area contributed by atoms with Gasteiger partial charge < -0.3 is 5.11 Å². The lowest BCUT2D eigenvalue weighted by Gasteiger charge is -2.35. The first kappa shape index (κ1) is 10.9. The van der Waals surface area contributed by atoms with Crippen LogP contribution in [0.4, 0.5) is 0 Å². The van der Waals surface area contributed by atoms with Crippen molar-refractivity contribution in [3.05, 3.63) is 0 Å². The van der Waals surface area contributed by atoms with E-state index in [0.717, 1.165) is 19.3 Å². The van der Waals surface area contributed by atoms with Crippen LogP contribution in [0.5, 0.6) is 0 Å². The fraction of sp³-hybridized carbons (Fsp3) is 1.00. The zero-order valence-corrected chi connectivity index (χ0v) is 8.76. The fourth-order valence-electron chi connectivity index (χ4n) is 1.49. The Morgan fingerprint density at radius 2 is 2.08 bits per heavy atom. The van der Waals surface area contributed by atoms with Crippen molar-refractivity contribution in [2.75, 3.05) is 18.9 Å². The SMILES string of the molecule is CCS(=O)(=O)N(CCO)C1CCC1. The third kappa shape index (κ3) is 2.42. The molecular weight excluding hydrogens is 190 g/mol. The van der Waals surface area contributed by atoms with Crippen molar-refractivity contribution in [1.29, 1.82) is 0 Å². The molecule has 13 heavy (non-hydrogen) atoms. The normalized spacial score (nSPS) is 19.0. The molecule has 5 heteroatoms. The van der Waals surface area contributed by atoms with E-state index in [-0.39, 0.29) is 24.9 Å². The van der Waals surface area contributed by atoms with Gasteiger partial charge in [-0.05, 0) is 19.8 Å². The fourth-order valence-corrected chi connectivity index (χ4v) is 2.84. The molecule has 1 N–H and O–H groups in total. The Kier molecular flexibility index (Phi) is 3.70. The highest BCUT2D eigenvalue weighted by molar-refractivity contribution is 7.89. The van der Waals surface area contributed by atoms with Gasteiger partial charge in [-0.2, -0.15) is 4.31 Å². The van der Waals surface area contributed by atoms with Crippen LogP contribution in [0.15, 0.2) is 0 Å². The van der Waals surface area contributed by atoms with Crippen LogP contribution in [0.2, 0.25) is 0 Å². The molecule has 0 radical (unpaired) electrons. The van der Waals surface area contributed by atoms with E-state index in [1.165, 1.54) is 4.31 Å². The Morgan fingerprint density at radius 1 is 1.46 bits per heavy atom. The molecule has 0 amide bonds. The molecule has 0 heterocycles. The molecule has 1 rings (SSSR count). The molecule has 0 aromatic carbocycles. The predicted molar refractivity (Wildman–Crippen MR) is 50.9 cm³/mol. The summed E-state index contributed by atoms with van der Waals surface area (Å²) >= 11 is 0. The number of aliphatic hydroxyl groups excluding tert-OH is 1. The zero-order chi connectivity index (χ0) is 9.90. The summed E-state index contributed by atoms with van der Waals surface area (Å²) in [5.74, 6) is 0.128. The van der Waals surface area contributed by atoms with Crippen molar-refractivity contribution in [2.24, 2.45) is 0 Å². The molecule has 0 aromatic heterocycles. The van der Waals surface area contributed by atoms with Gasteiger partial charge in [0.25, 0.3) is 0 Å². The lowest BCUT2D eigenvalue weighted by atomic mass is 9.93. The molecule has 1 aliphatic carbocycles. The first-order valence-corrected chi connectivity index (χ1v) is 6.33. The highest BCUT2D eigenvalue weighted by Crippen LogP contribution is 2.26. The van der Waals surface area contributed by atoms with E-state index in [0.29, 0.717) is 0 Å². The van der Waals surface area contributed by atoms with E-state index >= 15 is 0 Å². The standard InChI is InChI=1S/C8H17NO3S/c1-2-13(11,12)9(6-7-10)8-4-3-5-8/h8,10H,2-7H2,1H3. The number of sulfonamides is 1. The maximum atomic E-state index is 11.5. The molecule has 0 saturated heterocycles. The van der Waals surface area contributed by atoms with Crippen molar-refractivity contribution in [3.63, 3.8) is 0 Å². The number of hydrogen-bond donors (Lipinski definition) is 1. The minimum atomic E-state index is -3.11. The van der Waals surface area contributed by atoms with Crippen LogP contribution in [0.25, 0.3) is 0 Å². The Morgan fingerprint density at radius 3 is 2.38 bits per heavy atom. The summed E-state index contributed by atoms with van der Waals surface area (Å²) in [6.45, 7) is 1.80. The van der Waals surface area contributed by atoms with Crippen LogP contribution in [-0.2, 0) is 10.0 Å². The lowest BCUT2D eigenvalue weighted by molar-refractivity contribution is 0.178. The summed E-state index contributed by atoms with van der Waals surface area (Å²) in [5, 5.41) is 8.76. The monoisotopic (exact) mass is 207 g/mol. The second-order valence-electron chi connectivity index (χ2n) is 3.32. The zero-order valence-electron chi connectivity index (χ0n) is 7.94. The van der Waals surface area contributed by atoms with Crippen LogP contribution in [-0.4, -0.2) is 42.8 Å². The van der Waals surface area contributed by atoms with Crippen molar-refractivity contribution in [1.82, 2.24) is 4.31 Å². The molecule has 0 unspecified atom stereocenters. The Hall–Kier alpha value is -0.130. The van der Waals surface area contributed by atoms with Crippen molar-refractivity contribution < 1.29 is 13.5 Å². The summed E-state index contributed by atoms with van der Waals surface area (Å²) in [6, 6.07) is 0.150. The van der Waals surface area contributed by atoms with Gasteiger partial charge in [0, 0.05) is 12.6 Å². The summed E-state index contributed by atoms with van der Waals surface area (Å²) in [7, 11) is -3.11. The Bertz CT molecular complexity index is 246. The van der Waals surface area contributed by atoms with E-state index in [1.807, 2.05) is 0 Å². The first-order valence-electron chi connectivity index (χ1n) is 4.72. The number of rotatable bonds is 5. The highest BCUT2D eigenvalue weighted by Gasteiger charge is 2.31. The van der Waals surface area contributed by atoms with Crippen LogP contribution in [0.1, 0.15) is 26.2 Å². The van der Waals surface area contributed by atoms with Gasteiger partial charge >= 0.3 is 0 Å². The van der Waals surface area contributed by atoms with Crippen LogP contribution < -0.4 is 0 Å². The second kappa shape index (κ2) is 4.39.